The molecule has 0 aliphatic rings. The van der Waals surface area contributed by atoms with Gasteiger partial charge in [-0.1, -0.05) is 0 Å². The molecule has 0 aromatic heterocycles. The summed E-state index contributed by atoms with van der Waals surface area (Å²) in [5, 5.41) is 7.90. The van der Waals surface area contributed by atoms with E-state index in [4.69, 9.17) is 16.7 Å². The number of halogens is 5. The Kier molecular flexibility index (Phi) is 5.69. The van der Waals surface area contributed by atoms with Gasteiger partial charge in [-0.3, -0.25) is 4.79 Å². The van der Waals surface area contributed by atoms with E-state index in [0.717, 1.165) is 0 Å². The Bertz CT molecular complexity index is 136. The summed E-state index contributed by atoms with van der Waals surface area (Å²) in [7, 11) is 0. The number of carbonyl (C=O) groups is 1. The first-order chi connectivity index (χ1) is 4.39. The van der Waals surface area contributed by atoms with Crippen LogP contribution in [0.2, 0.25) is 0 Å². The molecule has 1 unspecified atom stereocenters. The minimum Gasteiger partial charge on any atom is -0.481 e. The monoisotopic (exact) mass is 212 g/mol. The molecule has 68 valence electrons. The van der Waals surface area contributed by atoms with Gasteiger partial charge >= 0.3 is 12.1 Å². The number of aliphatic carboxylic acids is 1. The fourth-order valence-corrected chi connectivity index (χ4v) is 0.600. The maximum Gasteiger partial charge on any atom is 0.403 e. The molecule has 11 heavy (non-hydrogen) atoms. The van der Waals surface area contributed by atoms with Gasteiger partial charge in [0.2, 0.25) is 0 Å². The molecule has 0 aromatic carbocycles. The molecule has 0 aromatic rings. The molecule has 0 saturated heterocycles. The van der Waals surface area contributed by atoms with Crippen molar-refractivity contribution in [2.75, 3.05) is 5.88 Å². The van der Waals surface area contributed by atoms with Gasteiger partial charge in [-0.05, 0) is 0 Å². The predicted octanol–water partition coefficient (Wildman–Crippen LogP) is 1.91. The molecule has 0 heterocycles. The van der Waals surface area contributed by atoms with E-state index in [-0.39, 0.29) is 12.4 Å². The van der Waals surface area contributed by atoms with Crippen molar-refractivity contribution in [1.82, 2.24) is 0 Å². The third-order valence-corrected chi connectivity index (χ3v) is 1.16. The molecule has 2 nitrogen and oxygen atoms in total. The SMILES string of the molecule is Cl.O=C(O)C(CCl)C(F)(F)F. The summed E-state index contributed by atoms with van der Waals surface area (Å²) in [6.07, 6.45) is -4.74. The third-order valence-electron chi connectivity index (χ3n) is 0.848. The van der Waals surface area contributed by atoms with E-state index < -0.39 is 23.9 Å². The zero-order valence-electron chi connectivity index (χ0n) is 5.06. The second-order valence-corrected chi connectivity index (χ2v) is 1.90. The van der Waals surface area contributed by atoms with Crippen molar-refractivity contribution in [3.05, 3.63) is 0 Å². The molecule has 1 atom stereocenters. The number of carboxylic acid groups (broad SMARTS) is 1. The number of alkyl halides is 4. The molecule has 7 heteroatoms. The molecule has 0 amide bonds. The van der Waals surface area contributed by atoms with Crippen LogP contribution in [0.1, 0.15) is 0 Å². The highest BCUT2D eigenvalue weighted by atomic mass is 35.5. The van der Waals surface area contributed by atoms with Crippen LogP contribution in [0.25, 0.3) is 0 Å². The van der Waals surface area contributed by atoms with E-state index in [9.17, 15) is 18.0 Å². The van der Waals surface area contributed by atoms with Gasteiger partial charge in [0.1, 0.15) is 0 Å². The van der Waals surface area contributed by atoms with Gasteiger partial charge < -0.3 is 5.11 Å². The average molecular weight is 213 g/mol. The van der Waals surface area contributed by atoms with Crippen molar-refractivity contribution in [2.24, 2.45) is 5.92 Å². The minimum atomic E-state index is -4.74. The summed E-state index contributed by atoms with van der Waals surface area (Å²) in [6.45, 7) is 0. The van der Waals surface area contributed by atoms with E-state index in [1.807, 2.05) is 0 Å². The van der Waals surface area contributed by atoms with Gasteiger partial charge in [0, 0.05) is 5.88 Å². The van der Waals surface area contributed by atoms with E-state index >= 15 is 0 Å². The number of rotatable bonds is 2. The normalized spacial score (nSPS) is 13.5. The lowest BCUT2D eigenvalue weighted by Crippen LogP contribution is -2.31. The summed E-state index contributed by atoms with van der Waals surface area (Å²) < 4.78 is 34.5. The van der Waals surface area contributed by atoms with Gasteiger partial charge in [-0.15, -0.1) is 24.0 Å². The van der Waals surface area contributed by atoms with E-state index in [1.54, 1.807) is 0 Å². The number of hydrogen-bond acceptors (Lipinski definition) is 1. The first kappa shape index (κ1) is 13.4. The van der Waals surface area contributed by atoms with Gasteiger partial charge in [0.25, 0.3) is 0 Å². The van der Waals surface area contributed by atoms with Crippen LogP contribution in [0.4, 0.5) is 13.2 Å². The highest BCUT2D eigenvalue weighted by Crippen LogP contribution is 2.26. The molecule has 0 saturated carbocycles. The maximum atomic E-state index is 11.5. The second-order valence-electron chi connectivity index (χ2n) is 1.59. The largest absolute Gasteiger partial charge is 0.481 e. The Hall–Kier alpha value is -0.160. The Morgan fingerprint density at radius 2 is 1.91 bits per heavy atom. The second kappa shape index (κ2) is 4.66. The Morgan fingerprint density at radius 1 is 1.55 bits per heavy atom. The van der Waals surface area contributed by atoms with Crippen LogP contribution >= 0.6 is 24.0 Å². The van der Waals surface area contributed by atoms with Gasteiger partial charge in [0.15, 0.2) is 5.92 Å². The lowest BCUT2D eigenvalue weighted by molar-refractivity contribution is -0.188. The number of carboxylic acids is 1. The average Bonchev–Trinajstić information content (AvgIpc) is 1.60. The summed E-state index contributed by atoms with van der Waals surface area (Å²) in [5.41, 5.74) is 0. The standard InChI is InChI=1S/C4H4ClF3O2.ClH/c5-1-2(3(9)10)4(6,7)8;/h2H,1H2,(H,9,10);1H. The molecule has 0 bridgehead atoms. The van der Waals surface area contributed by atoms with Crippen LogP contribution in [0.5, 0.6) is 0 Å². The van der Waals surface area contributed by atoms with Crippen molar-refractivity contribution in [3.8, 4) is 0 Å². The fraction of sp³-hybridized carbons (Fsp3) is 0.750. The van der Waals surface area contributed by atoms with Crippen molar-refractivity contribution < 1.29 is 23.1 Å². The number of hydrogen-bond donors (Lipinski definition) is 1. The lowest BCUT2D eigenvalue weighted by atomic mass is 10.2. The molecule has 0 aliphatic heterocycles. The summed E-state index contributed by atoms with van der Waals surface area (Å²) in [5.74, 6) is -5.34. The molecule has 0 fully saturated rings. The molecule has 0 rings (SSSR count). The smallest absolute Gasteiger partial charge is 0.403 e. The third kappa shape index (κ3) is 4.31. The van der Waals surface area contributed by atoms with Crippen LogP contribution in [0.15, 0.2) is 0 Å². The first-order valence-corrected chi connectivity index (χ1v) is 2.78. The Morgan fingerprint density at radius 3 is 1.91 bits per heavy atom. The highest BCUT2D eigenvalue weighted by Gasteiger charge is 2.44. The van der Waals surface area contributed by atoms with E-state index in [1.165, 1.54) is 0 Å². The van der Waals surface area contributed by atoms with E-state index in [2.05, 4.69) is 0 Å². The molecule has 0 aliphatic carbocycles. The molecule has 1 N–H and O–H groups in total. The van der Waals surface area contributed by atoms with Crippen LogP contribution < -0.4 is 0 Å². The maximum absolute atomic E-state index is 11.5. The molecule has 0 radical (unpaired) electrons. The molecular weight excluding hydrogens is 208 g/mol. The van der Waals surface area contributed by atoms with Crippen LogP contribution in [0, 0.1) is 5.92 Å². The Balaban J connectivity index is 0. The zero-order chi connectivity index (χ0) is 8.36. The summed E-state index contributed by atoms with van der Waals surface area (Å²) in [4.78, 5) is 9.77. The van der Waals surface area contributed by atoms with Crippen molar-refractivity contribution in [2.45, 2.75) is 6.18 Å². The first-order valence-electron chi connectivity index (χ1n) is 2.25. The van der Waals surface area contributed by atoms with Crippen molar-refractivity contribution in [1.29, 1.82) is 0 Å². The van der Waals surface area contributed by atoms with Crippen molar-refractivity contribution >= 4 is 30.0 Å². The highest BCUT2D eigenvalue weighted by molar-refractivity contribution is 6.19. The topological polar surface area (TPSA) is 37.3 Å². The van der Waals surface area contributed by atoms with Gasteiger partial charge in [0.05, 0.1) is 0 Å². The van der Waals surface area contributed by atoms with Crippen LogP contribution in [-0.2, 0) is 4.79 Å². The van der Waals surface area contributed by atoms with Crippen molar-refractivity contribution in [3.63, 3.8) is 0 Å². The molecule has 0 spiro atoms. The van der Waals surface area contributed by atoms with Gasteiger partial charge in [-0.25, -0.2) is 0 Å². The van der Waals surface area contributed by atoms with Gasteiger partial charge in [-0.2, -0.15) is 13.2 Å². The molecular formula is C4H5Cl2F3O2. The summed E-state index contributed by atoms with van der Waals surface area (Å²) in [6, 6.07) is 0. The van der Waals surface area contributed by atoms with E-state index in [0.29, 0.717) is 0 Å². The zero-order valence-corrected chi connectivity index (χ0v) is 6.63. The summed E-state index contributed by atoms with van der Waals surface area (Å²) >= 11 is 4.75. The lowest BCUT2D eigenvalue weighted by Gasteiger charge is -2.11. The quantitative estimate of drug-likeness (QED) is 0.711. The van der Waals surface area contributed by atoms with Crippen LogP contribution in [-0.4, -0.2) is 23.1 Å². The Labute approximate surface area is 71.7 Å². The fourth-order valence-electron chi connectivity index (χ4n) is 0.293. The predicted molar refractivity (Wildman–Crippen MR) is 35.1 cm³/mol. The van der Waals surface area contributed by atoms with Crippen LogP contribution in [0.3, 0.4) is 0 Å². The minimum absolute atomic E-state index is 0.